The van der Waals surface area contributed by atoms with Crippen LogP contribution in [0.3, 0.4) is 0 Å². The highest BCUT2D eigenvalue weighted by Gasteiger charge is 2.43. The van der Waals surface area contributed by atoms with Crippen LogP contribution in [0.25, 0.3) is 0 Å². The van der Waals surface area contributed by atoms with Gasteiger partial charge in [0.05, 0.1) is 11.1 Å². The molecule has 0 bridgehead atoms. The molecule has 0 amide bonds. The largest absolute Gasteiger partial charge is 0.396 e. The van der Waals surface area contributed by atoms with Crippen LogP contribution in [0.15, 0.2) is 22.7 Å². The Labute approximate surface area is 109 Å². The molecule has 94 valence electrons. The Morgan fingerprint density at radius 3 is 2.65 bits per heavy atom. The van der Waals surface area contributed by atoms with Gasteiger partial charge in [-0.1, -0.05) is 6.07 Å². The molecule has 3 N–H and O–H groups in total. The molecular formula is C13H17BrFNO. The third-order valence-corrected chi connectivity index (χ3v) is 4.31. The zero-order valence-electron chi connectivity index (χ0n) is 9.63. The van der Waals surface area contributed by atoms with Gasteiger partial charge in [0.25, 0.3) is 0 Å². The first kappa shape index (κ1) is 13.0. The van der Waals surface area contributed by atoms with Gasteiger partial charge in [-0.05, 0) is 58.8 Å². The van der Waals surface area contributed by atoms with Crippen molar-refractivity contribution in [2.24, 2.45) is 17.1 Å². The van der Waals surface area contributed by atoms with Gasteiger partial charge in [0.1, 0.15) is 5.82 Å². The number of aliphatic hydroxyl groups is 1. The minimum Gasteiger partial charge on any atom is -0.396 e. The van der Waals surface area contributed by atoms with E-state index < -0.39 is 0 Å². The van der Waals surface area contributed by atoms with Gasteiger partial charge in [-0.3, -0.25) is 0 Å². The molecule has 1 unspecified atom stereocenters. The monoisotopic (exact) mass is 301 g/mol. The summed E-state index contributed by atoms with van der Waals surface area (Å²) in [5, 5.41) is 9.61. The van der Waals surface area contributed by atoms with Crippen LogP contribution < -0.4 is 5.73 Å². The van der Waals surface area contributed by atoms with Gasteiger partial charge in [0.15, 0.2) is 0 Å². The topological polar surface area (TPSA) is 46.2 Å². The maximum absolute atomic E-state index is 13.1. The molecule has 1 atom stereocenters. The van der Waals surface area contributed by atoms with E-state index in [4.69, 9.17) is 5.73 Å². The highest BCUT2D eigenvalue weighted by Crippen LogP contribution is 2.46. The summed E-state index contributed by atoms with van der Waals surface area (Å²) in [6.45, 7) is 0.576. The molecule has 0 radical (unpaired) electrons. The second-order valence-electron chi connectivity index (χ2n) is 4.92. The summed E-state index contributed by atoms with van der Waals surface area (Å²) >= 11 is 3.18. The molecule has 4 heteroatoms. The summed E-state index contributed by atoms with van der Waals surface area (Å²) in [4.78, 5) is 0. The molecule has 0 aliphatic heterocycles. The molecule has 1 aromatic rings. The SMILES string of the molecule is NCC(CO)(Cc1ccc(F)c(Br)c1)C1CC1. The van der Waals surface area contributed by atoms with Crippen LogP contribution in [0.1, 0.15) is 18.4 Å². The lowest BCUT2D eigenvalue weighted by Gasteiger charge is -2.30. The summed E-state index contributed by atoms with van der Waals surface area (Å²) in [7, 11) is 0. The Morgan fingerprint density at radius 2 is 2.18 bits per heavy atom. The molecule has 0 spiro atoms. The molecule has 2 nitrogen and oxygen atoms in total. The first-order chi connectivity index (χ1) is 8.11. The van der Waals surface area contributed by atoms with Crippen molar-refractivity contribution in [1.29, 1.82) is 0 Å². The standard InChI is InChI=1S/C13H17BrFNO/c14-11-5-9(1-4-12(11)15)6-13(7-16,8-17)10-2-3-10/h1,4-5,10,17H,2-3,6-8,16H2. The lowest BCUT2D eigenvalue weighted by atomic mass is 9.78. The summed E-state index contributed by atoms with van der Waals surface area (Å²) in [6.07, 6.45) is 2.99. The fourth-order valence-electron chi connectivity index (χ4n) is 2.38. The average Bonchev–Trinajstić information content (AvgIpc) is 3.15. The number of aliphatic hydroxyl groups excluding tert-OH is 1. The second kappa shape index (κ2) is 5.04. The Balaban J connectivity index is 2.19. The van der Waals surface area contributed by atoms with Gasteiger partial charge in [-0.2, -0.15) is 0 Å². The van der Waals surface area contributed by atoms with Gasteiger partial charge in [0, 0.05) is 12.0 Å². The maximum atomic E-state index is 13.1. The molecule has 2 rings (SSSR count). The number of hydrogen-bond donors (Lipinski definition) is 2. The van der Waals surface area contributed by atoms with E-state index in [2.05, 4.69) is 15.9 Å². The fraction of sp³-hybridized carbons (Fsp3) is 0.538. The molecular weight excluding hydrogens is 285 g/mol. The van der Waals surface area contributed by atoms with Gasteiger partial charge in [-0.15, -0.1) is 0 Å². The zero-order valence-corrected chi connectivity index (χ0v) is 11.2. The van der Waals surface area contributed by atoms with Gasteiger partial charge >= 0.3 is 0 Å². The van der Waals surface area contributed by atoms with Crippen molar-refractivity contribution in [3.05, 3.63) is 34.1 Å². The summed E-state index contributed by atoms with van der Waals surface area (Å²) in [5.41, 5.74) is 6.62. The molecule has 0 aromatic heterocycles. The van der Waals surface area contributed by atoms with Crippen LogP contribution in [-0.2, 0) is 6.42 Å². The van der Waals surface area contributed by atoms with Crippen molar-refractivity contribution < 1.29 is 9.50 Å². The van der Waals surface area contributed by atoms with Crippen LogP contribution in [0.4, 0.5) is 4.39 Å². The Hall–Kier alpha value is -0.450. The molecule has 0 saturated heterocycles. The van der Waals surface area contributed by atoms with E-state index in [9.17, 15) is 9.50 Å². The van der Waals surface area contributed by atoms with E-state index in [-0.39, 0.29) is 17.8 Å². The van der Waals surface area contributed by atoms with Crippen LogP contribution in [0.5, 0.6) is 0 Å². The van der Waals surface area contributed by atoms with Crippen molar-refractivity contribution >= 4 is 15.9 Å². The minimum atomic E-state index is -0.262. The summed E-state index contributed by atoms with van der Waals surface area (Å²) < 4.78 is 13.6. The van der Waals surface area contributed by atoms with Crippen LogP contribution >= 0.6 is 15.9 Å². The molecule has 1 aliphatic rings. The van der Waals surface area contributed by atoms with Crippen molar-refractivity contribution in [2.45, 2.75) is 19.3 Å². The van der Waals surface area contributed by atoms with E-state index in [1.807, 2.05) is 0 Å². The van der Waals surface area contributed by atoms with Crippen molar-refractivity contribution in [3.8, 4) is 0 Å². The number of nitrogens with two attached hydrogens (primary N) is 1. The maximum Gasteiger partial charge on any atom is 0.137 e. The average molecular weight is 302 g/mol. The molecule has 1 fully saturated rings. The summed E-state index contributed by atoms with van der Waals surface area (Å²) in [6, 6.07) is 4.99. The molecule has 0 heterocycles. The quantitative estimate of drug-likeness (QED) is 0.878. The van der Waals surface area contributed by atoms with Crippen molar-refractivity contribution in [1.82, 2.24) is 0 Å². The predicted molar refractivity (Wildman–Crippen MR) is 69.1 cm³/mol. The van der Waals surface area contributed by atoms with E-state index in [0.717, 1.165) is 18.4 Å². The first-order valence-electron chi connectivity index (χ1n) is 5.86. The highest BCUT2D eigenvalue weighted by atomic mass is 79.9. The van der Waals surface area contributed by atoms with Crippen LogP contribution in [-0.4, -0.2) is 18.3 Å². The van der Waals surface area contributed by atoms with E-state index in [1.54, 1.807) is 12.1 Å². The van der Waals surface area contributed by atoms with Gasteiger partial charge in [-0.25, -0.2) is 4.39 Å². The molecule has 17 heavy (non-hydrogen) atoms. The summed E-state index contributed by atoms with van der Waals surface area (Å²) in [5.74, 6) is 0.254. The number of rotatable bonds is 5. The van der Waals surface area contributed by atoms with E-state index in [1.165, 1.54) is 6.07 Å². The molecule has 1 aromatic carbocycles. The van der Waals surface area contributed by atoms with Crippen LogP contribution in [0.2, 0.25) is 0 Å². The Bertz CT molecular complexity index is 402. The lowest BCUT2D eigenvalue weighted by molar-refractivity contribution is 0.109. The number of benzene rings is 1. The molecule has 1 aliphatic carbocycles. The third-order valence-electron chi connectivity index (χ3n) is 3.70. The first-order valence-corrected chi connectivity index (χ1v) is 6.65. The highest BCUT2D eigenvalue weighted by molar-refractivity contribution is 9.10. The smallest absolute Gasteiger partial charge is 0.137 e. The predicted octanol–water partition coefficient (Wildman–Crippen LogP) is 2.48. The van der Waals surface area contributed by atoms with E-state index in [0.29, 0.717) is 23.4 Å². The Morgan fingerprint density at radius 1 is 1.47 bits per heavy atom. The lowest BCUT2D eigenvalue weighted by Crippen LogP contribution is -2.38. The molecule has 1 saturated carbocycles. The van der Waals surface area contributed by atoms with Crippen LogP contribution in [0, 0.1) is 17.2 Å². The number of hydrogen-bond acceptors (Lipinski definition) is 2. The van der Waals surface area contributed by atoms with Gasteiger partial charge in [0.2, 0.25) is 0 Å². The second-order valence-corrected chi connectivity index (χ2v) is 5.78. The normalized spacial score (nSPS) is 19.1. The van der Waals surface area contributed by atoms with Crippen molar-refractivity contribution in [3.63, 3.8) is 0 Å². The third kappa shape index (κ3) is 2.69. The number of halogens is 2. The minimum absolute atomic E-state index is 0.100. The van der Waals surface area contributed by atoms with Gasteiger partial charge < -0.3 is 10.8 Å². The van der Waals surface area contributed by atoms with E-state index >= 15 is 0 Å². The fourth-order valence-corrected chi connectivity index (χ4v) is 2.81. The zero-order chi connectivity index (χ0) is 12.5. The Kier molecular flexibility index (Phi) is 3.85. The van der Waals surface area contributed by atoms with Crippen molar-refractivity contribution in [2.75, 3.05) is 13.2 Å².